The second-order valence-electron chi connectivity index (χ2n) is 4.66. The zero-order valence-corrected chi connectivity index (χ0v) is 11.8. The van der Waals surface area contributed by atoms with Crippen LogP contribution in [0.25, 0.3) is 0 Å². The highest BCUT2D eigenvalue weighted by atomic mass is 32.2. The summed E-state index contributed by atoms with van der Waals surface area (Å²) in [5, 5.41) is 0. The molecule has 3 nitrogen and oxygen atoms in total. The highest BCUT2D eigenvalue weighted by Gasteiger charge is 2.17. The van der Waals surface area contributed by atoms with E-state index in [2.05, 4.69) is 0 Å². The fourth-order valence-electron chi connectivity index (χ4n) is 2.05. The van der Waals surface area contributed by atoms with E-state index in [0.29, 0.717) is 6.10 Å². The van der Waals surface area contributed by atoms with Crippen LogP contribution in [0.4, 0.5) is 0 Å². The van der Waals surface area contributed by atoms with E-state index in [1.165, 1.54) is 12.2 Å². The van der Waals surface area contributed by atoms with Crippen LogP contribution in [0, 0.1) is 0 Å². The van der Waals surface area contributed by atoms with E-state index in [9.17, 15) is 0 Å². The molecule has 0 radical (unpaired) electrons. The maximum Gasteiger partial charge on any atom is 0.161 e. The fourth-order valence-corrected chi connectivity index (χ4v) is 3.09. The Morgan fingerprint density at radius 3 is 2.83 bits per heavy atom. The third-order valence-electron chi connectivity index (χ3n) is 3.13. The first-order valence-corrected chi connectivity index (χ1v) is 7.54. The van der Waals surface area contributed by atoms with Crippen molar-refractivity contribution in [3.8, 4) is 11.5 Å². The molecule has 0 spiro atoms. The Labute approximate surface area is 113 Å². The van der Waals surface area contributed by atoms with E-state index < -0.39 is 0 Å². The van der Waals surface area contributed by atoms with Crippen molar-refractivity contribution in [3.63, 3.8) is 0 Å². The largest absolute Gasteiger partial charge is 0.493 e. The summed E-state index contributed by atoms with van der Waals surface area (Å²) in [6.45, 7) is 1.97. The first-order valence-electron chi connectivity index (χ1n) is 6.38. The third-order valence-corrected chi connectivity index (χ3v) is 4.31. The summed E-state index contributed by atoms with van der Waals surface area (Å²) in [7, 11) is 1.67. The molecule has 0 bridgehead atoms. The maximum absolute atomic E-state index is 6.07. The fraction of sp³-hybridized carbons (Fsp3) is 0.571. The topological polar surface area (TPSA) is 44.5 Å². The van der Waals surface area contributed by atoms with Crippen LogP contribution in [0.5, 0.6) is 11.5 Å². The molecule has 0 aliphatic carbocycles. The Balaban J connectivity index is 2.15. The summed E-state index contributed by atoms with van der Waals surface area (Å²) in [4.78, 5) is 0. The molecule has 2 unspecified atom stereocenters. The summed E-state index contributed by atoms with van der Waals surface area (Å²) in [5.74, 6) is 3.91. The van der Waals surface area contributed by atoms with E-state index >= 15 is 0 Å². The molecule has 2 atom stereocenters. The molecule has 2 N–H and O–H groups in total. The van der Waals surface area contributed by atoms with Crippen molar-refractivity contribution in [2.45, 2.75) is 31.9 Å². The van der Waals surface area contributed by atoms with Gasteiger partial charge in [-0.05, 0) is 43.2 Å². The zero-order valence-electron chi connectivity index (χ0n) is 11.0. The maximum atomic E-state index is 6.07. The summed E-state index contributed by atoms with van der Waals surface area (Å²) >= 11 is 1.96. The van der Waals surface area contributed by atoms with Gasteiger partial charge in [-0.1, -0.05) is 6.07 Å². The molecule has 1 aliphatic rings. The molecule has 0 saturated carbocycles. The molecule has 2 rings (SSSR count). The lowest BCUT2D eigenvalue weighted by Gasteiger charge is -2.24. The molecule has 1 aliphatic heterocycles. The van der Waals surface area contributed by atoms with Gasteiger partial charge in [0.1, 0.15) is 6.10 Å². The van der Waals surface area contributed by atoms with Crippen molar-refractivity contribution in [3.05, 3.63) is 23.8 Å². The molecule has 0 aromatic heterocycles. The van der Waals surface area contributed by atoms with Crippen LogP contribution in [0.1, 0.15) is 31.4 Å². The van der Waals surface area contributed by atoms with Gasteiger partial charge in [0, 0.05) is 11.8 Å². The minimum atomic E-state index is 0.0130. The summed E-state index contributed by atoms with van der Waals surface area (Å²) < 4.78 is 11.4. The number of hydrogen-bond acceptors (Lipinski definition) is 4. The van der Waals surface area contributed by atoms with Crippen LogP contribution in [-0.4, -0.2) is 24.7 Å². The quantitative estimate of drug-likeness (QED) is 0.911. The summed E-state index contributed by atoms with van der Waals surface area (Å²) in [5.41, 5.74) is 6.98. The van der Waals surface area contributed by atoms with Gasteiger partial charge in [0.25, 0.3) is 0 Å². The Hall–Kier alpha value is -0.870. The second-order valence-corrected chi connectivity index (χ2v) is 5.81. The minimum Gasteiger partial charge on any atom is -0.493 e. The van der Waals surface area contributed by atoms with Crippen LogP contribution >= 0.6 is 11.8 Å². The Morgan fingerprint density at radius 1 is 1.39 bits per heavy atom. The van der Waals surface area contributed by atoms with Crippen LogP contribution in [0.15, 0.2) is 18.2 Å². The van der Waals surface area contributed by atoms with Gasteiger partial charge >= 0.3 is 0 Å². The molecule has 1 saturated heterocycles. The van der Waals surface area contributed by atoms with Crippen LogP contribution in [0.2, 0.25) is 0 Å². The SMILES string of the molecule is COc1ccc(C(C)N)cc1OC1CCCSC1. The Bertz CT molecular complexity index is 389. The van der Waals surface area contributed by atoms with Gasteiger partial charge in [-0.3, -0.25) is 0 Å². The second kappa shape index (κ2) is 6.34. The van der Waals surface area contributed by atoms with Gasteiger partial charge in [-0.2, -0.15) is 11.8 Å². The molecule has 1 aromatic carbocycles. The number of thioether (sulfide) groups is 1. The number of methoxy groups -OCH3 is 1. The van der Waals surface area contributed by atoms with Crippen molar-refractivity contribution in [2.75, 3.05) is 18.6 Å². The number of rotatable bonds is 4. The summed E-state index contributed by atoms with van der Waals surface area (Å²) in [6.07, 6.45) is 2.64. The average Bonchev–Trinajstić information content (AvgIpc) is 2.39. The number of nitrogens with two attached hydrogens (primary N) is 1. The molecule has 1 fully saturated rings. The number of ether oxygens (including phenoxy) is 2. The van der Waals surface area contributed by atoms with Crippen molar-refractivity contribution >= 4 is 11.8 Å². The predicted molar refractivity (Wildman–Crippen MR) is 76.6 cm³/mol. The first-order chi connectivity index (χ1) is 8.70. The highest BCUT2D eigenvalue weighted by molar-refractivity contribution is 7.99. The van der Waals surface area contributed by atoms with Crippen molar-refractivity contribution in [2.24, 2.45) is 5.73 Å². The molecular weight excluding hydrogens is 246 g/mol. The van der Waals surface area contributed by atoms with Gasteiger partial charge in [-0.15, -0.1) is 0 Å². The monoisotopic (exact) mass is 267 g/mol. The molecule has 1 aromatic rings. The first kappa shape index (κ1) is 13.6. The Morgan fingerprint density at radius 2 is 2.22 bits per heavy atom. The van der Waals surface area contributed by atoms with Crippen LogP contribution in [-0.2, 0) is 0 Å². The minimum absolute atomic E-state index is 0.0130. The smallest absolute Gasteiger partial charge is 0.161 e. The van der Waals surface area contributed by atoms with Gasteiger partial charge in [0.15, 0.2) is 11.5 Å². The number of hydrogen-bond donors (Lipinski definition) is 1. The lowest BCUT2D eigenvalue weighted by Crippen LogP contribution is -2.23. The molecule has 4 heteroatoms. The molecule has 18 heavy (non-hydrogen) atoms. The van der Waals surface area contributed by atoms with Gasteiger partial charge in [0.2, 0.25) is 0 Å². The van der Waals surface area contributed by atoms with Gasteiger partial charge in [0.05, 0.1) is 7.11 Å². The van der Waals surface area contributed by atoms with Crippen LogP contribution in [0.3, 0.4) is 0 Å². The van der Waals surface area contributed by atoms with E-state index in [1.807, 2.05) is 36.9 Å². The molecule has 1 heterocycles. The van der Waals surface area contributed by atoms with Crippen molar-refractivity contribution in [1.29, 1.82) is 0 Å². The van der Waals surface area contributed by atoms with E-state index in [4.69, 9.17) is 15.2 Å². The van der Waals surface area contributed by atoms with E-state index in [0.717, 1.165) is 29.2 Å². The lowest BCUT2D eigenvalue weighted by molar-refractivity contribution is 0.202. The van der Waals surface area contributed by atoms with Gasteiger partial charge in [-0.25, -0.2) is 0 Å². The number of benzene rings is 1. The molecular formula is C14H21NO2S. The van der Waals surface area contributed by atoms with Crippen molar-refractivity contribution < 1.29 is 9.47 Å². The van der Waals surface area contributed by atoms with Crippen molar-refractivity contribution in [1.82, 2.24) is 0 Å². The van der Waals surface area contributed by atoms with E-state index in [1.54, 1.807) is 7.11 Å². The molecule has 0 amide bonds. The van der Waals surface area contributed by atoms with E-state index in [-0.39, 0.29) is 6.04 Å². The predicted octanol–water partition coefficient (Wildman–Crippen LogP) is 2.99. The highest BCUT2D eigenvalue weighted by Crippen LogP contribution is 2.32. The zero-order chi connectivity index (χ0) is 13.0. The lowest BCUT2D eigenvalue weighted by atomic mass is 10.1. The normalized spacial score (nSPS) is 21.4. The summed E-state index contributed by atoms with van der Waals surface area (Å²) in [6, 6.07) is 5.94. The Kier molecular flexibility index (Phi) is 4.78. The average molecular weight is 267 g/mol. The third kappa shape index (κ3) is 3.33. The van der Waals surface area contributed by atoms with Gasteiger partial charge < -0.3 is 15.2 Å². The van der Waals surface area contributed by atoms with Crippen LogP contribution < -0.4 is 15.2 Å². The molecule has 100 valence electrons. The standard InChI is InChI=1S/C14H21NO2S/c1-10(15)11-5-6-13(16-2)14(8-11)17-12-4-3-7-18-9-12/h5-6,8,10,12H,3-4,7,9,15H2,1-2H3.